The molecule has 0 atom stereocenters. The first-order valence-corrected chi connectivity index (χ1v) is 10.7. The molecule has 0 spiro atoms. The first-order valence-electron chi connectivity index (χ1n) is 10.7. The molecule has 0 radical (unpaired) electrons. The van der Waals surface area contributed by atoms with Crippen molar-refractivity contribution in [1.82, 2.24) is 14.5 Å². The summed E-state index contributed by atoms with van der Waals surface area (Å²) in [7, 11) is 0. The van der Waals surface area contributed by atoms with Crippen LogP contribution in [0.3, 0.4) is 0 Å². The maximum atomic E-state index is 13.5. The van der Waals surface area contributed by atoms with Crippen molar-refractivity contribution >= 4 is 17.4 Å². The maximum Gasteiger partial charge on any atom is 0.223 e. The number of anilines is 2. The minimum atomic E-state index is -0.312. The summed E-state index contributed by atoms with van der Waals surface area (Å²) in [5, 5.41) is 3.35. The molecule has 3 aromatic rings. The summed E-state index contributed by atoms with van der Waals surface area (Å²) < 4.78 is 28.9. The van der Waals surface area contributed by atoms with Crippen molar-refractivity contribution in [3.05, 3.63) is 66.0 Å². The lowest BCUT2D eigenvalue weighted by Crippen LogP contribution is -2.38. The number of hydrogen-bond acceptors (Lipinski definition) is 3. The van der Waals surface area contributed by atoms with Crippen molar-refractivity contribution in [3.63, 3.8) is 0 Å². The van der Waals surface area contributed by atoms with E-state index >= 15 is 0 Å². The van der Waals surface area contributed by atoms with E-state index in [9.17, 15) is 13.6 Å². The molecule has 0 bridgehead atoms. The van der Waals surface area contributed by atoms with Crippen LogP contribution in [0.2, 0.25) is 0 Å². The van der Waals surface area contributed by atoms with Gasteiger partial charge in [0.15, 0.2) is 0 Å². The molecule has 2 aromatic carbocycles. The summed E-state index contributed by atoms with van der Waals surface area (Å²) in [6.07, 6.45) is 4.06. The monoisotopic (exact) mass is 422 g/mol. The SMILES string of the molecule is O=C(CCC1CC1)N1CCn2c(nc(-c3ccc(F)cc3)c2Nc2ccc(F)cc2)C1. The van der Waals surface area contributed by atoms with Gasteiger partial charge in [0.25, 0.3) is 0 Å². The Balaban J connectivity index is 1.45. The minimum absolute atomic E-state index is 0.178. The van der Waals surface area contributed by atoms with E-state index in [4.69, 9.17) is 4.98 Å². The highest BCUT2D eigenvalue weighted by atomic mass is 19.1. The van der Waals surface area contributed by atoms with Gasteiger partial charge in [0, 0.05) is 30.8 Å². The molecule has 1 aliphatic carbocycles. The summed E-state index contributed by atoms with van der Waals surface area (Å²) in [6.45, 7) is 1.68. The predicted octanol–water partition coefficient (Wildman–Crippen LogP) is 5.10. The molecule has 1 N–H and O–H groups in total. The highest BCUT2D eigenvalue weighted by Crippen LogP contribution is 2.35. The van der Waals surface area contributed by atoms with Gasteiger partial charge in [-0.2, -0.15) is 0 Å². The number of nitrogens with zero attached hydrogens (tertiary/aromatic N) is 3. The second kappa shape index (κ2) is 8.13. The van der Waals surface area contributed by atoms with Crippen molar-refractivity contribution in [2.45, 2.75) is 38.8 Å². The number of halogens is 2. The van der Waals surface area contributed by atoms with Crippen LogP contribution in [0, 0.1) is 17.6 Å². The van der Waals surface area contributed by atoms with Crippen LogP contribution >= 0.6 is 0 Å². The van der Waals surface area contributed by atoms with E-state index in [-0.39, 0.29) is 17.5 Å². The van der Waals surface area contributed by atoms with E-state index in [2.05, 4.69) is 9.88 Å². The summed E-state index contributed by atoms with van der Waals surface area (Å²) in [5.41, 5.74) is 2.20. The fraction of sp³-hybridized carbons (Fsp3) is 0.333. The molecule has 0 saturated heterocycles. The van der Waals surface area contributed by atoms with Crippen LogP contribution in [0.25, 0.3) is 11.3 Å². The van der Waals surface area contributed by atoms with Crippen molar-refractivity contribution in [1.29, 1.82) is 0 Å². The molecule has 31 heavy (non-hydrogen) atoms. The number of amides is 1. The van der Waals surface area contributed by atoms with Crippen LogP contribution in [0.1, 0.15) is 31.5 Å². The smallest absolute Gasteiger partial charge is 0.223 e. The molecule has 7 heteroatoms. The number of benzene rings is 2. The molecule has 5 rings (SSSR count). The Morgan fingerprint density at radius 1 is 1.00 bits per heavy atom. The third-order valence-electron chi connectivity index (χ3n) is 6.01. The number of imidazole rings is 1. The van der Waals surface area contributed by atoms with Crippen LogP contribution in [0.5, 0.6) is 0 Å². The van der Waals surface area contributed by atoms with Crippen molar-refractivity contribution < 1.29 is 13.6 Å². The van der Waals surface area contributed by atoms with Gasteiger partial charge in [-0.3, -0.25) is 4.79 Å². The maximum absolute atomic E-state index is 13.5. The first kappa shape index (κ1) is 19.7. The molecule has 5 nitrogen and oxygen atoms in total. The summed E-state index contributed by atoms with van der Waals surface area (Å²) in [6, 6.07) is 12.3. The van der Waals surface area contributed by atoms with Crippen LogP contribution in [0.15, 0.2) is 48.5 Å². The lowest BCUT2D eigenvalue weighted by molar-refractivity contribution is -0.132. The third kappa shape index (κ3) is 4.31. The second-order valence-corrected chi connectivity index (χ2v) is 8.31. The van der Waals surface area contributed by atoms with E-state index in [0.29, 0.717) is 31.7 Å². The standard InChI is InChI=1S/C24H24F2N4O/c25-18-6-4-17(5-7-18)23-24(27-20-10-8-19(26)9-11-20)30-14-13-29(15-21(30)28-23)22(31)12-3-16-1-2-16/h4-11,16,27H,1-3,12-15H2. The average molecular weight is 422 g/mol. The second-order valence-electron chi connectivity index (χ2n) is 8.31. The zero-order valence-corrected chi connectivity index (χ0v) is 17.2. The van der Waals surface area contributed by atoms with Crippen molar-refractivity contribution in [3.8, 4) is 11.3 Å². The Labute approximate surface area is 179 Å². The number of fused-ring (bicyclic) bond motifs is 1. The van der Waals surface area contributed by atoms with Gasteiger partial charge in [-0.15, -0.1) is 0 Å². The number of aromatic nitrogens is 2. The zero-order chi connectivity index (χ0) is 21.4. The van der Waals surface area contributed by atoms with Crippen LogP contribution in [0.4, 0.5) is 20.3 Å². The molecule has 1 aliphatic heterocycles. The van der Waals surface area contributed by atoms with E-state index in [0.717, 1.165) is 35.2 Å². The zero-order valence-electron chi connectivity index (χ0n) is 17.2. The highest BCUT2D eigenvalue weighted by Gasteiger charge is 2.28. The molecule has 160 valence electrons. The van der Waals surface area contributed by atoms with Gasteiger partial charge in [0.1, 0.15) is 29.0 Å². The molecule has 1 aromatic heterocycles. The fourth-order valence-corrected chi connectivity index (χ4v) is 4.04. The van der Waals surface area contributed by atoms with E-state index in [1.54, 1.807) is 24.3 Å². The number of nitrogens with one attached hydrogen (secondary N) is 1. The Morgan fingerprint density at radius 2 is 1.68 bits per heavy atom. The summed E-state index contributed by atoms with van der Waals surface area (Å²) >= 11 is 0. The van der Waals surface area contributed by atoms with Crippen LogP contribution in [-0.2, 0) is 17.9 Å². The minimum Gasteiger partial charge on any atom is -0.340 e. The molecular formula is C24H24F2N4O. The summed E-state index contributed by atoms with van der Waals surface area (Å²) in [4.78, 5) is 19.3. The number of hydrogen-bond donors (Lipinski definition) is 1. The normalized spacial score (nSPS) is 15.6. The topological polar surface area (TPSA) is 50.2 Å². The number of carbonyl (C=O) groups is 1. The van der Waals surface area contributed by atoms with E-state index in [1.807, 2.05) is 4.90 Å². The number of rotatable bonds is 6. The average Bonchev–Trinajstić information content (AvgIpc) is 3.55. The van der Waals surface area contributed by atoms with Crippen molar-refractivity contribution in [2.75, 3.05) is 11.9 Å². The first-order chi connectivity index (χ1) is 15.1. The van der Waals surface area contributed by atoms with Gasteiger partial charge in [0.05, 0.1) is 6.54 Å². The Kier molecular flexibility index (Phi) is 5.18. The van der Waals surface area contributed by atoms with Crippen LogP contribution in [-0.4, -0.2) is 26.9 Å². The fourth-order valence-electron chi connectivity index (χ4n) is 4.04. The lowest BCUT2D eigenvalue weighted by atomic mass is 10.1. The van der Waals surface area contributed by atoms with Gasteiger partial charge in [-0.25, -0.2) is 13.8 Å². The van der Waals surface area contributed by atoms with Gasteiger partial charge in [0.2, 0.25) is 5.91 Å². The molecular weight excluding hydrogens is 398 g/mol. The largest absolute Gasteiger partial charge is 0.340 e. The molecule has 2 heterocycles. The number of carbonyl (C=O) groups excluding carboxylic acids is 1. The lowest BCUT2D eigenvalue weighted by Gasteiger charge is -2.28. The van der Waals surface area contributed by atoms with Gasteiger partial charge in [-0.1, -0.05) is 12.8 Å². The Bertz CT molecular complexity index is 1090. The molecule has 2 aliphatic rings. The van der Waals surface area contributed by atoms with Gasteiger partial charge < -0.3 is 14.8 Å². The third-order valence-corrected chi connectivity index (χ3v) is 6.01. The van der Waals surface area contributed by atoms with Crippen LogP contribution < -0.4 is 5.32 Å². The Hall–Kier alpha value is -3.22. The molecule has 1 saturated carbocycles. The summed E-state index contributed by atoms with van der Waals surface area (Å²) in [5.74, 6) is 1.84. The molecule has 1 amide bonds. The van der Waals surface area contributed by atoms with Crippen molar-refractivity contribution in [2.24, 2.45) is 5.92 Å². The van der Waals surface area contributed by atoms with Gasteiger partial charge >= 0.3 is 0 Å². The predicted molar refractivity (Wildman–Crippen MR) is 115 cm³/mol. The Morgan fingerprint density at radius 3 is 2.35 bits per heavy atom. The molecule has 0 unspecified atom stereocenters. The highest BCUT2D eigenvalue weighted by molar-refractivity contribution is 5.78. The van der Waals surface area contributed by atoms with E-state index < -0.39 is 0 Å². The quantitative estimate of drug-likeness (QED) is 0.601. The molecule has 1 fully saturated rings. The van der Waals surface area contributed by atoms with E-state index in [1.165, 1.54) is 37.1 Å². The van der Waals surface area contributed by atoms with Gasteiger partial charge in [-0.05, 0) is 60.9 Å².